The van der Waals surface area contributed by atoms with Gasteiger partial charge in [-0.3, -0.25) is 9.69 Å². The van der Waals surface area contributed by atoms with Gasteiger partial charge in [0.05, 0.1) is 26.0 Å². The zero-order valence-electron chi connectivity index (χ0n) is 14.4. The van der Waals surface area contributed by atoms with Gasteiger partial charge in [0.15, 0.2) is 0 Å². The molecule has 1 saturated heterocycles. The largest absolute Gasteiger partial charge is 0.496 e. The van der Waals surface area contributed by atoms with E-state index in [-0.39, 0.29) is 11.8 Å². The number of methoxy groups -OCH3 is 1. The number of nitrogens with zero attached hydrogens (tertiary/aromatic N) is 2. The molecule has 130 valence electrons. The Kier molecular flexibility index (Phi) is 5.48. The zero-order chi connectivity index (χ0) is 16.9. The summed E-state index contributed by atoms with van der Waals surface area (Å²) in [6, 6.07) is 6.03. The molecule has 2 fully saturated rings. The maximum atomic E-state index is 11.7. The summed E-state index contributed by atoms with van der Waals surface area (Å²) in [6.45, 7) is 6.14. The molecule has 0 aromatic heterocycles. The molecular formula is C18H25N3O3. The number of hydrogen-bond donors (Lipinski definition) is 1. The van der Waals surface area contributed by atoms with Crippen LogP contribution < -0.4 is 10.2 Å². The second-order valence-electron chi connectivity index (χ2n) is 6.36. The van der Waals surface area contributed by atoms with Crippen LogP contribution in [0.15, 0.2) is 23.3 Å². The second-order valence-corrected chi connectivity index (χ2v) is 6.36. The number of ether oxygens (including phenoxy) is 2. The van der Waals surface area contributed by atoms with Crippen molar-refractivity contribution in [2.45, 2.75) is 26.3 Å². The van der Waals surface area contributed by atoms with Crippen LogP contribution in [0.5, 0.6) is 5.75 Å². The number of hydrogen-bond acceptors (Lipinski definition) is 5. The normalized spacial score (nSPS) is 19.2. The molecule has 0 atom stereocenters. The molecule has 0 bridgehead atoms. The summed E-state index contributed by atoms with van der Waals surface area (Å²) in [4.78, 5) is 14.1. The molecule has 1 heterocycles. The van der Waals surface area contributed by atoms with E-state index >= 15 is 0 Å². The third-order valence-electron chi connectivity index (χ3n) is 4.48. The summed E-state index contributed by atoms with van der Waals surface area (Å²) in [5, 5.41) is 4.24. The summed E-state index contributed by atoms with van der Waals surface area (Å²) in [5.41, 5.74) is 5.58. The Morgan fingerprint density at radius 3 is 2.79 bits per heavy atom. The fourth-order valence-electron chi connectivity index (χ4n) is 2.77. The van der Waals surface area contributed by atoms with Gasteiger partial charge in [-0.15, -0.1) is 0 Å². The van der Waals surface area contributed by atoms with Crippen molar-refractivity contribution in [2.75, 3.05) is 33.4 Å². The predicted molar refractivity (Wildman–Crippen MR) is 92.2 cm³/mol. The van der Waals surface area contributed by atoms with E-state index in [2.05, 4.69) is 21.5 Å². The number of hydrazone groups is 1. The SMILES string of the molecule is COc1ccc(/C(C)=N\NC(=O)C2CC2)cc1CN1CCOCC1. The van der Waals surface area contributed by atoms with Gasteiger partial charge in [0.1, 0.15) is 5.75 Å². The smallest absolute Gasteiger partial charge is 0.243 e. The Balaban J connectivity index is 1.71. The van der Waals surface area contributed by atoms with E-state index in [1.54, 1.807) is 7.11 Å². The highest BCUT2D eigenvalue weighted by atomic mass is 16.5. The third-order valence-corrected chi connectivity index (χ3v) is 4.48. The summed E-state index contributed by atoms with van der Waals surface area (Å²) in [5.74, 6) is 1.06. The van der Waals surface area contributed by atoms with Crippen LogP contribution in [0.25, 0.3) is 0 Å². The Hall–Kier alpha value is -1.92. The number of nitrogens with one attached hydrogen (secondary N) is 1. The van der Waals surface area contributed by atoms with Crippen LogP contribution in [0, 0.1) is 5.92 Å². The lowest BCUT2D eigenvalue weighted by Gasteiger charge is -2.27. The molecule has 0 unspecified atom stereocenters. The Labute approximate surface area is 142 Å². The number of rotatable bonds is 6. The van der Waals surface area contributed by atoms with E-state index in [9.17, 15) is 4.79 Å². The molecular weight excluding hydrogens is 306 g/mol. The van der Waals surface area contributed by atoms with Crippen LogP contribution in [0.1, 0.15) is 30.9 Å². The molecule has 24 heavy (non-hydrogen) atoms. The van der Waals surface area contributed by atoms with E-state index < -0.39 is 0 Å². The fraction of sp³-hybridized carbons (Fsp3) is 0.556. The van der Waals surface area contributed by atoms with Gasteiger partial charge in [-0.1, -0.05) is 0 Å². The minimum absolute atomic E-state index is 0.0244. The van der Waals surface area contributed by atoms with Gasteiger partial charge in [-0.05, 0) is 43.5 Å². The van der Waals surface area contributed by atoms with E-state index in [1.165, 1.54) is 0 Å². The van der Waals surface area contributed by atoms with Crippen LogP contribution >= 0.6 is 0 Å². The van der Waals surface area contributed by atoms with Gasteiger partial charge >= 0.3 is 0 Å². The summed E-state index contributed by atoms with van der Waals surface area (Å²) >= 11 is 0. The number of amides is 1. The van der Waals surface area contributed by atoms with Crippen LogP contribution in [-0.2, 0) is 16.1 Å². The van der Waals surface area contributed by atoms with Crippen molar-refractivity contribution in [3.63, 3.8) is 0 Å². The first-order valence-corrected chi connectivity index (χ1v) is 8.49. The van der Waals surface area contributed by atoms with E-state index in [4.69, 9.17) is 9.47 Å². The average Bonchev–Trinajstić information content (AvgIpc) is 3.45. The highest BCUT2D eigenvalue weighted by Crippen LogP contribution is 2.28. The molecule has 1 aromatic carbocycles. The molecule has 3 rings (SSSR count). The van der Waals surface area contributed by atoms with Crippen LogP contribution in [0.2, 0.25) is 0 Å². The van der Waals surface area contributed by atoms with Gasteiger partial charge in [0.25, 0.3) is 0 Å². The second kappa shape index (κ2) is 7.77. The van der Waals surface area contributed by atoms with Gasteiger partial charge in [-0.2, -0.15) is 5.10 Å². The van der Waals surface area contributed by atoms with Gasteiger partial charge in [0.2, 0.25) is 5.91 Å². The summed E-state index contributed by atoms with van der Waals surface area (Å²) in [6.07, 6.45) is 1.96. The van der Waals surface area contributed by atoms with Crippen molar-refractivity contribution in [1.82, 2.24) is 10.3 Å². The van der Waals surface area contributed by atoms with Crippen molar-refractivity contribution in [1.29, 1.82) is 0 Å². The van der Waals surface area contributed by atoms with Gasteiger partial charge in [0, 0.05) is 31.1 Å². The first-order chi connectivity index (χ1) is 11.7. The van der Waals surface area contributed by atoms with Crippen molar-refractivity contribution in [3.8, 4) is 5.75 Å². The van der Waals surface area contributed by atoms with Gasteiger partial charge in [-0.25, -0.2) is 5.43 Å². The molecule has 6 nitrogen and oxygen atoms in total. The molecule has 1 amide bonds. The molecule has 1 aliphatic carbocycles. The minimum atomic E-state index is 0.0244. The predicted octanol–water partition coefficient (Wildman–Crippen LogP) is 1.78. The molecule has 1 aromatic rings. The molecule has 1 N–H and O–H groups in total. The Morgan fingerprint density at radius 1 is 1.38 bits per heavy atom. The number of benzene rings is 1. The highest BCUT2D eigenvalue weighted by Gasteiger charge is 2.29. The molecule has 1 aliphatic heterocycles. The molecule has 6 heteroatoms. The maximum Gasteiger partial charge on any atom is 0.243 e. The molecule has 2 aliphatic rings. The van der Waals surface area contributed by atoms with Crippen LogP contribution in [0.3, 0.4) is 0 Å². The van der Waals surface area contributed by atoms with Crippen molar-refractivity contribution in [2.24, 2.45) is 11.0 Å². The number of carbonyl (C=O) groups excluding carboxylic acids is 1. The van der Waals surface area contributed by atoms with E-state index in [0.717, 1.165) is 68.3 Å². The molecule has 1 saturated carbocycles. The maximum absolute atomic E-state index is 11.7. The number of morpholine rings is 1. The highest BCUT2D eigenvalue weighted by molar-refractivity contribution is 5.99. The van der Waals surface area contributed by atoms with Crippen molar-refractivity contribution >= 4 is 11.6 Å². The van der Waals surface area contributed by atoms with Gasteiger partial charge < -0.3 is 9.47 Å². The molecule has 0 radical (unpaired) electrons. The van der Waals surface area contributed by atoms with Crippen LogP contribution in [-0.4, -0.2) is 49.9 Å². The third kappa shape index (κ3) is 4.33. The first-order valence-electron chi connectivity index (χ1n) is 8.49. The lowest BCUT2D eigenvalue weighted by molar-refractivity contribution is -0.122. The van der Waals surface area contributed by atoms with E-state index in [0.29, 0.717) is 0 Å². The summed E-state index contributed by atoms with van der Waals surface area (Å²) in [7, 11) is 1.69. The lowest BCUT2D eigenvalue weighted by Crippen LogP contribution is -2.35. The van der Waals surface area contributed by atoms with Crippen LogP contribution in [0.4, 0.5) is 0 Å². The zero-order valence-corrected chi connectivity index (χ0v) is 14.4. The Bertz CT molecular complexity index is 620. The minimum Gasteiger partial charge on any atom is -0.496 e. The van der Waals surface area contributed by atoms with E-state index in [1.807, 2.05) is 19.1 Å². The lowest BCUT2D eigenvalue weighted by atomic mass is 10.1. The summed E-state index contributed by atoms with van der Waals surface area (Å²) < 4.78 is 10.9. The van der Waals surface area contributed by atoms with Crippen molar-refractivity contribution in [3.05, 3.63) is 29.3 Å². The average molecular weight is 331 g/mol. The number of carbonyl (C=O) groups is 1. The molecule has 0 spiro atoms. The Morgan fingerprint density at radius 2 is 2.12 bits per heavy atom. The topological polar surface area (TPSA) is 63.2 Å². The first kappa shape index (κ1) is 16.9. The van der Waals surface area contributed by atoms with Crippen molar-refractivity contribution < 1.29 is 14.3 Å². The quantitative estimate of drug-likeness (QED) is 0.637. The fourth-order valence-corrected chi connectivity index (χ4v) is 2.77. The monoisotopic (exact) mass is 331 g/mol. The standard InChI is InChI=1S/C18H25N3O3/c1-13(19-20-18(22)14-3-4-14)15-5-6-17(23-2)16(11-15)12-21-7-9-24-10-8-21/h5-6,11,14H,3-4,7-10,12H2,1-2H3,(H,20,22)/b19-13-.